The van der Waals surface area contributed by atoms with Gasteiger partial charge in [-0.2, -0.15) is 0 Å². The lowest BCUT2D eigenvalue weighted by Crippen LogP contribution is -2.64. The molecule has 12 heavy (non-hydrogen) atoms. The summed E-state index contributed by atoms with van der Waals surface area (Å²) in [5.41, 5.74) is -1.24. The Balaban J connectivity index is 2.27. The van der Waals surface area contributed by atoms with Gasteiger partial charge in [-0.1, -0.05) is 13.8 Å². The van der Waals surface area contributed by atoms with Crippen LogP contribution in [0.2, 0.25) is 0 Å². The summed E-state index contributed by atoms with van der Waals surface area (Å²) in [5, 5.41) is 9.50. The van der Waals surface area contributed by atoms with Gasteiger partial charge in [0, 0.05) is 5.92 Å². The van der Waals surface area contributed by atoms with E-state index in [2.05, 4.69) is 13.8 Å². The molecule has 3 rings (SSSR count). The Morgan fingerprint density at radius 2 is 1.83 bits per heavy atom. The molecular weight excluding hydrogens is 155 g/mol. The molecule has 3 aliphatic rings. The largest absolute Gasteiger partial charge is 0.390 e. The van der Waals surface area contributed by atoms with E-state index in [9.17, 15) is 9.50 Å². The van der Waals surface area contributed by atoms with Crippen LogP contribution >= 0.6 is 0 Å². The monoisotopic (exact) mass is 172 g/mol. The van der Waals surface area contributed by atoms with E-state index in [0.717, 1.165) is 6.42 Å². The minimum Gasteiger partial charge on any atom is -0.390 e. The van der Waals surface area contributed by atoms with Crippen LogP contribution in [0.15, 0.2) is 0 Å². The van der Waals surface area contributed by atoms with E-state index in [4.69, 9.17) is 0 Å². The first-order valence-electron chi connectivity index (χ1n) is 4.73. The van der Waals surface area contributed by atoms with Crippen molar-refractivity contribution >= 4 is 0 Å². The van der Waals surface area contributed by atoms with Crippen molar-refractivity contribution in [1.29, 1.82) is 0 Å². The molecule has 4 atom stereocenters. The maximum Gasteiger partial charge on any atom is 0.137 e. The summed E-state index contributed by atoms with van der Waals surface area (Å²) in [4.78, 5) is 0. The summed E-state index contributed by atoms with van der Waals surface area (Å²) >= 11 is 0. The molecular formula is C10H17FO. The van der Waals surface area contributed by atoms with E-state index >= 15 is 0 Å². The van der Waals surface area contributed by atoms with Crippen LogP contribution in [0.4, 0.5) is 4.39 Å². The van der Waals surface area contributed by atoms with Gasteiger partial charge < -0.3 is 5.11 Å². The van der Waals surface area contributed by atoms with Gasteiger partial charge in [0.05, 0.1) is 6.10 Å². The van der Waals surface area contributed by atoms with Gasteiger partial charge in [0.2, 0.25) is 0 Å². The SMILES string of the molecule is CC1(C)C2CC(O)C(C)(F)C1C2. The smallest absolute Gasteiger partial charge is 0.137 e. The molecule has 3 aliphatic carbocycles. The molecule has 0 amide bonds. The number of hydrogen-bond acceptors (Lipinski definition) is 1. The highest BCUT2D eigenvalue weighted by molar-refractivity contribution is 5.12. The number of hydrogen-bond donors (Lipinski definition) is 1. The minimum absolute atomic E-state index is 0.0683. The number of alkyl halides is 1. The molecule has 0 aromatic rings. The topological polar surface area (TPSA) is 20.2 Å². The Morgan fingerprint density at radius 1 is 1.25 bits per heavy atom. The van der Waals surface area contributed by atoms with Crippen molar-refractivity contribution in [2.45, 2.75) is 45.4 Å². The summed E-state index contributed by atoms with van der Waals surface area (Å²) < 4.78 is 13.9. The predicted octanol–water partition coefficient (Wildman–Crippen LogP) is 2.14. The second kappa shape index (κ2) is 2.03. The quantitative estimate of drug-likeness (QED) is 0.593. The zero-order chi connectivity index (χ0) is 9.15. The summed E-state index contributed by atoms with van der Waals surface area (Å²) in [5.74, 6) is 0.611. The third kappa shape index (κ3) is 0.769. The highest BCUT2D eigenvalue weighted by atomic mass is 19.1. The standard InChI is InChI=1S/C10H17FO/c1-9(2)6-4-7(9)10(3,11)8(12)5-6/h6-8,12H,4-5H2,1-3H3. The zero-order valence-electron chi connectivity index (χ0n) is 7.97. The molecule has 0 spiro atoms. The number of rotatable bonds is 0. The van der Waals surface area contributed by atoms with Crippen LogP contribution in [0, 0.1) is 17.3 Å². The van der Waals surface area contributed by atoms with E-state index in [1.165, 1.54) is 0 Å². The van der Waals surface area contributed by atoms with Crippen LogP contribution in [0.3, 0.4) is 0 Å². The molecule has 0 aromatic heterocycles. The third-order valence-corrected chi connectivity index (χ3v) is 4.31. The highest BCUT2D eigenvalue weighted by Gasteiger charge is 2.63. The van der Waals surface area contributed by atoms with Crippen LogP contribution in [-0.2, 0) is 0 Å². The van der Waals surface area contributed by atoms with Crippen molar-refractivity contribution in [2.75, 3.05) is 0 Å². The first-order valence-corrected chi connectivity index (χ1v) is 4.73. The predicted molar refractivity (Wildman–Crippen MR) is 45.5 cm³/mol. The van der Waals surface area contributed by atoms with E-state index in [1.54, 1.807) is 6.92 Å². The summed E-state index contributed by atoms with van der Waals surface area (Å²) in [6, 6.07) is 0. The van der Waals surface area contributed by atoms with E-state index in [-0.39, 0.29) is 11.3 Å². The Hall–Kier alpha value is -0.110. The number of aliphatic hydroxyl groups is 1. The van der Waals surface area contributed by atoms with Crippen LogP contribution < -0.4 is 0 Å². The molecule has 70 valence electrons. The molecule has 3 fully saturated rings. The lowest BCUT2D eigenvalue weighted by molar-refractivity contribution is -0.213. The molecule has 0 saturated heterocycles. The molecule has 1 nitrogen and oxygen atoms in total. The highest BCUT2D eigenvalue weighted by Crippen LogP contribution is 2.63. The molecule has 4 unspecified atom stereocenters. The van der Waals surface area contributed by atoms with Gasteiger partial charge >= 0.3 is 0 Å². The van der Waals surface area contributed by atoms with Gasteiger partial charge in [0.15, 0.2) is 0 Å². The van der Waals surface area contributed by atoms with Crippen molar-refractivity contribution in [3.05, 3.63) is 0 Å². The fraction of sp³-hybridized carbons (Fsp3) is 1.00. The zero-order valence-corrected chi connectivity index (χ0v) is 7.97. The summed E-state index contributed by atoms with van der Waals surface area (Å²) in [6.45, 7) is 5.80. The fourth-order valence-corrected chi connectivity index (χ4v) is 3.11. The Bertz CT molecular complexity index is 210. The Labute approximate surface area is 73.0 Å². The maximum absolute atomic E-state index is 13.9. The lowest BCUT2D eigenvalue weighted by atomic mass is 9.44. The van der Waals surface area contributed by atoms with E-state index < -0.39 is 11.8 Å². The molecule has 0 radical (unpaired) electrons. The van der Waals surface area contributed by atoms with Crippen molar-refractivity contribution in [1.82, 2.24) is 0 Å². The number of fused-ring (bicyclic) bond motifs is 2. The molecule has 2 bridgehead atoms. The van der Waals surface area contributed by atoms with Crippen LogP contribution in [0.1, 0.15) is 33.6 Å². The Kier molecular flexibility index (Phi) is 1.44. The summed E-state index contributed by atoms with van der Waals surface area (Å²) in [7, 11) is 0. The average Bonchev–Trinajstić information content (AvgIpc) is 1.93. The van der Waals surface area contributed by atoms with Gasteiger partial charge in [0.1, 0.15) is 5.67 Å². The molecule has 0 heterocycles. The minimum atomic E-state index is -1.35. The van der Waals surface area contributed by atoms with E-state index in [1.807, 2.05) is 0 Å². The fourth-order valence-electron chi connectivity index (χ4n) is 3.11. The van der Waals surface area contributed by atoms with Crippen molar-refractivity contribution < 1.29 is 9.50 Å². The lowest BCUT2D eigenvalue weighted by Gasteiger charge is -2.63. The third-order valence-electron chi connectivity index (χ3n) is 4.31. The second-order valence-corrected chi connectivity index (χ2v) is 5.21. The van der Waals surface area contributed by atoms with Crippen LogP contribution in [0.25, 0.3) is 0 Å². The first kappa shape index (κ1) is 8.49. The van der Waals surface area contributed by atoms with Crippen molar-refractivity contribution in [2.24, 2.45) is 17.3 Å². The normalized spacial score (nSPS) is 56.2. The number of aliphatic hydroxyl groups excluding tert-OH is 1. The Morgan fingerprint density at radius 3 is 2.17 bits per heavy atom. The molecule has 2 heteroatoms. The number of halogens is 1. The molecule has 0 aromatic carbocycles. The molecule has 3 saturated carbocycles. The van der Waals surface area contributed by atoms with Gasteiger partial charge in [-0.3, -0.25) is 0 Å². The van der Waals surface area contributed by atoms with E-state index in [0.29, 0.717) is 12.3 Å². The van der Waals surface area contributed by atoms with Crippen molar-refractivity contribution in [3.63, 3.8) is 0 Å². The van der Waals surface area contributed by atoms with Crippen molar-refractivity contribution in [3.8, 4) is 0 Å². The average molecular weight is 172 g/mol. The molecule has 1 N–H and O–H groups in total. The van der Waals surface area contributed by atoms with Gasteiger partial charge in [-0.25, -0.2) is 4.39 Å². The van der Waals surface area contributed by atoms with Gasteiger partial charge in [-0.15, -0.1) is 0 Å². The summed E-state index contributed by atoms with van der Waals surface area (Å²) in [6.07, 6.45) is 0.891. The first-order chi connectivity index (χ1) is 5.37. The molecule has 0 aliphatic heterocycles. The van der Waals surface area contributed by atoms with Crippen LogP contribution in [-0.4, -0.2) is 16.9 Å². The maximum atomic E-state index is 13.9. The van der Waals surface area contributed by atoms with Crippen LogP contribution in [0.5, 0.6) is 0 Å². The van der Waals surface area contributed by atoms with Gasteiger partial charge in [-0.05, 0) is 31.1 Å². The van der Waals surface area contributed by atoms with Gasteiger partial charge in [0.25, 0.3) is 0 Å². The second-order valence-electron chi connectivity index (χ2n) is 5.21.